The average Bonchev–Trinajstić information content (AvgIpc) is 3.19. The van der Waals surface area contributed by atoms with E-state index in [1.165, 1.54) is 0 Å². The Labute approximate surface area is 119 Å². The highest BCUT2D eigenvalue weighted by atomic mass is 16.5. The number of hydrogen-bond donors (Lipinski definition) is 1. The maximum absolute atomic E-state index is 10.5. The number of aromatic nitrogens is 2. The van der Waals surface area contributed by atoms with E-state index in [0.717, 1.165) is 42.0 Å². The third-order valence-corrected chi connectivity index (χ3v) is 3.63. The van der Waals surface area contributed by atoms with Gasteiger partial charge in [-0.3, -0.25) is 4.68 Å². The normalized spacial score (nSPS) is 16.1. The van der Waals surface area contributed by atoms with Gasteiger partial charge in [-0.05, 0) is 43.0 Å². The molecule has 106 valence electrons. The molecular formula is C16H20N2O2. The van der Waals surface area contributed by atoms with Crippen molar-refractivity contribution in [2.24, 2.45) is 7.05 Å². The van der Waals surface area contributed by atoms with Crippen molar-refractivity contribution >= 4 is 0 Å². The zero-order valence-corrected chi connectivity index (χ0v) is 11.9. The first-order chi connectivity index (χ1) is 9.67. The lowest BCUT2D eigenvalue weighted by Crippen LogP contribution is -2.06. The van der Waals surface area contributed by atoms with Gasteiger partial charge in [-0.1, -0.05) is 19.1 Å². The molecule has 4 nitrogen and oxygen atoms in total. The van der Waals surface area contributed by atoms with Crippen molar-refractivity contribution < 1.29 is 9.84 Å². The summed E-state index contributed by atoms with van der Waals surface area (Å²) in [5.41, 5.74) is 2.67. The SMILES string of the molecule is CCc1cc(C(O)c2ccc(OC3CC3)cc2)n(C)n1. The van der Waals surface area contributed by atoms with Crippen LogP contribution >= 0.6 is 0 Å². The molecule has 1 heterocycles. The van der Waals surface area contributed by atoms with Crippen molar-refractivity contribution in [1.29, 1.82) is 0 Å². The van der Waals surface area contributed by atoms with Gasteiger partial charge in [0.2, 0.25) is 0 Å². The Balaban J connectivity index is 1.78. The second kappa shape index (κ2) is 5.29. The Bertz CT molecular complexity index is 585. The Morgan fingerprint density at radius 1 is 1.35 bits per heavy atom. The van der Waals surface area contributed by atoms with Crippen LogP contribution in [0.5, 0.6) is 5.75 Å². The number of benzene rings is 1. The summed E-state index contributed by atoms with van der Waals surface area (Å²) in [6, 6.07) is 9.64. The van der Waals surface area contributed by atoms with Crippen molar-refractivity contribution in [3.05, 3.63) is 47.3 Å². The molecule has 1 N–H and O–H groups in total. The predicted molar refractivity (Wildman–Crippen MR) is 76.7 cm³/mol. The fourth-order valence-corrected chi connectivity index (χ4v) is 2.25. The number of rotatable bonds is 5. The molecule has 0 bridgehead atoms. The molecule has 1 aliphatic rings. The molecule has 0 amide bonds. The summed E-state index contributed by atoms with van der Waals surface area (Å²) in [6.45, 7) is 2.06. The molecule has 4 heteroatoms. The van der Waals surface area contributed by atoms with Crippen LogP contribution in [0, 0.1) is 0 Å². The highest BCUT2D eigenvalue weighted by molar-refractivity contribution is 5.33. The first-order valence-corrected chi connectivity index (χ1v) is 7.15. The van der Waals surface area contributed by atoms with Crippen molar-refractivity contribution in [3.63, 3.8) is 0 Å². The number of aliphatic hydroxyl groups excluding tert-OH is 1. The van der Waals surface area contributed by atoms with Crippen LogP contribution in [-0.4, -0.2) is 21.0 Å². The maximum Gasteiger partial charge on any atom is 0.121 e. The van der Waals surface area contributed by atoms with Crippen molar-refractivity contribution in [1.82, 2.24) is 9.78 Å². The van der Waals surface area contributed by atoms with E-state index >= 15 is 0 Å². The lowest BCUT2D eigenvalue weighted by atomic mass is 10.1. The number of aliphatic hydroxyl groups is 1. The predicted octanol–water partition coefficient (Wildman–Crippen LogP) is 2.61. The quantitative estimate of drug-likeness (QED) is 0.910. The first kappa shape index (κ1) is 13.2. The maximum atomic E-state index is 10.5. The topological polar surface area (TPSA) is 47.3 Å². The molecule has 1 aromatic heterocycles. The van der Waals surface area contributed by atoms with Gasteiger partial charge in [0.1, 0.15) is 11.9 Å². The lowest BCUT2D eigenvalue weighted by Gasteiger charge is -2.12. The first-order valence-electron chi connectivity index (χ1n) is 7.15. The zero-order valence-electron chi connectivity index (χ0n) is 11.9. The van der Waals surface area contributed by atoms with Gasteiger partial charge in [0, 0.05) is 7.05 Å². The van der Waals surface area contributed by atoms with E-state index in [4.69, 9.17) is 4.74 Å². The highest BCUT2D eigenvalue weighted by Crippen LogP contribution is 2.29. The Morgan fingerprint density at radius 2 is 2.05 bits per heavy atom. The van der Waals surface area contributed by atoms with Gasteiger partial charge >= 0.3 is 0 Å². The van der Waals surface area contributed by atoms with Crippen LogP contribution in [0.15, 0.2) is 30.3 Å². The smallest absolute Gasteiger partial charge is 0.121 e. The molecule has 1 atom stereocenters. The van der Waals surface area contributed by atoms with E-state index in [-0.39, 0.29) is 0 Å². The summed E-state index contributed by atoms with van der Waals surface area (Å²) in [4.78, 5) is 0. The van der Waals surface area contributed by atoms with Crippen LogP contribution < -0.4 is 4.74 Å². The molecule has 20 heavy (non-hydrogen) atoms. The van der Waals surface area contributed by atoms with Crippen molar-refractivity contribution in [2.75, 3.05) is 0 Å². The molecule has 0 radical (unpaired) electrons. The summed E-state index contributed by atoms with van der Waals surface area (Å²) < 4.78 is 7.46. The molecule has 3 rings (SSSR count). The van der Waals surface area contributed by atoms with E-state index in [1.54, 1.807) is 4.68 Å². The Kier molecular flexibility index (Phi) is 3.49. The molecule has 0 saturated heterocycles. The van der Waals surface area contributed by atoms with Crippen LogP contribution in [-0.2, 0) is 13.5 Å². The molecule has 1 unspecified atom stereocenters. The van der Waals surface area contributed by atoms with Gasteiger partial charge in [-0.25, -0.2) is 0 Å². The molecule has 2 aromatic rings. The van der Waals surface area contributed by atoms with E-state index in [1.807, 2.05) is 37.4 Å². The number of aryl methyl sites for hydroxylation is 2. The van der Waals surface area contributed by atoms with Gasteiger partial charge < -0.3 is 9.84 Å². The van der Waals surface area contributed by atoms with Crippen LogP contribution in [0.25, 0.3) is 0 Å². The fraction of sp³-hybridized carbons (Fsp3) is 0.438. The summed E-state index contributed by atoms with van der Waals surface area (Å²) >= 11 is 0. The van der Waals surface area contributed by atoms with E-state index in [9.17, 15) is 5.11 Å². The standard InChI is InChI=1S/C16H20N2O2/c1-3-12-10-15(18(2)17-12)16(19)11-4-6-13(7-5-11)20-14-8-9-14/h4-7,10,14,16,19H,3,8-9H2,1-2H3. The van der Waals surface area contributed by atoms with Crippen molar-refractivity contribution in [3.8, 4) is 5.75 Å². The molecule has 1 fully saturated rings. The minimum absolute atomic E-state index is 0.398. The van der Waals surface area contributed by atoms with Gasteiger partial charge in [-0.2, -0.15) is 5.10 Å². The van der Waals surface area contributed by atoms with Gasteiger partial charge in [-0.15, -0.1) is 0 Å². The minimum Gasteiger partial charge on any atom is -0.490 e. The van der Waals surface area contributed by atoms with Crippen LogP contribution in [0.2, 0.25) is 0 Å². The van der Waals surface area contributed by atoms with Gasteiger partial charge in [0.25, 0.3) is 0 Å². The molecule has 0 spiro atoms. The second-order valence-electron chi connectivity index (χ2n) is 5.33. The lowest BCUT2D eigenvalue weighted by molar-refractivity contribution is 0.209. The van der Waals surface area contributed by atoms with E-state index in [0.29, 0.717) is 6.10 Å². The third kappa shape index (κ3) is 2.70. The summed E-state index contributed by atoms with van der Waals surface area (Å²) in [7, 11) is 1.86. The molecule has 0 aliphatic heterocycles. The highest BCUT2D eigenvalue weighted by Gasteiger charge is 2.23. The van der Waals surface area contributed by atoms with Crippen LogP contribution in [0.3, 0.4) is 0 Å². The van der Waals surface area contributed by atoms with Crippen molar-refractivity contribution in [2.45, 2.75) is 38.4 Å². The summed E-state index contributed by atoms with van der Waals surface area (Å²) in [5, 5.41) is 14.8. The molecular weight excluding hydrogens is 252 g/mol. The van der Waals surface area contributed by atoms with E-state index in [2.05, 4.69) is 12.0 Å². The summed E-state index contributed by atoms with van der Waals surface area (Å²) in [6.07, 6.45) is 2.92. The monoisotopic (exact) mass is 272 g/mol. The number of nitrogens with zero attached hydrogens (tertiary/aromatic N) is 2. The van der Waals surface area contributed by atoms with Crippen LogP contribution in [0.1, 0.15) is 42.8 Å². The fourth-order valence-electron chi connectivity index (χ4n) is 2.25. The number of ether oxygens (including phenoxy) is 1. The summed E-state index contributed by atoms with van der Waals surface area (Å²) in [5.74, 6) is 0.878. The zero-order chi connectivity index (χ0) is 14.1. The number of hydrogen-bond acceptors (Lipinski definition) is 3. The van der Waals surface area contributed by atoms with Crippen LogP contribution in [0.4, 0.5) is 0 Å². The minimum atomic E-state index is -0.650. The second-order valence-corrected chi connectivity index (χ2v) is 5.33. The molecule has 1 aliphatic carbocycles. The third-order valence-electron chi connectivity index (χ3n) is 3.63. The van der Waals surface area contributed by atoms with Gasteiger partial charge in [0.15, 0.2) is 0 Å². The molecule has 1 aromatic carbocycles. The van der Waals surface area contributed by atoms with Gasteiger partial charge in [0.05, 0.1) is 17.5 Å². The van der Waals surface area contributed by atoms with E-state index < -0.39 is 6.10 Å². The largest absolute Gasteiger partial charge is 0.490 e. The average molecular weight is 272 g/mol. The Morgan fingerprint density at radius 3 is 2.60 bits per heavy atom. The Hall–Kier alpha value is -1.81. The molecule has 1 saturated carbocycles.